The number of amides is 2. The maximum Gasteiger partial charge on any atom is 0.277 e. The third kappa shape index (κ3) is 3.57. The zero-order chi connectivity index (χ0) is 17.1. The Kier molecular flexibility index (Phi) is 4.81. The minimum Gasteiger partial charge on any atom is -0.344 e. The summed E-state index contributed by atoms with van der Waals surface area (Å²) in [6.45, 7) is 3.53. The van der Waals surface area contributed by atoms with Crippen molar-refractivity contribution >= 4 is 22.6 Å². The molecule has 0 unspecified atom stereocenters. The van der Waals surface area contributed by atoms with E-state index in [0.29, 0.717) is 19.6 Å². The van der Waals surface area contributed by atoms with E-state index in [-0.39, 0.29) is 11.8 Å². The number of hydrogen-bond acceptors (Lipinski definition) is 2. The van der Waals surface area contributed by atoms with Crippen LogP contribution in [0.25, 0.3) is 10.8 Å². The number of rotatable bonds is 3. The number of carbonyl (C=O) groups is 2. The van der Waals surface area contributed by atoms with Gasteiger partial charge in [-0.3, -0.25) is 9.59 Å². The summed E-state index contributed by atoms with van der Waals surface area (Å²) in [4.78, 5) is 29.3. The lowest BCUT2D eigenvalue weighted by molar-refractivity contribution is -0.896. The SMILES string of the molecule is CN(C)C(=O)C[NH+]1CCN(C(=O)c2ccc3ccccc3c2)CC1. The van der Waals surface area contributed by atoms with Gasteiger partial charge in [-0.2, -0.15) is 0 Å². The molecular weight excluding hydrogens is 302 g/mol. The molecule has 3 rings (SSSR count). The molecule has 0 aliphatic carbocycles. The summed E-state index contributed by atoms with van der Waals surface area (Å²) in [5.74, 6) is 0.220. The van der Waals surface area contributed by atoms with Crippen LogP contribution in [-0.2, 0) is 4.79 Å². The van der Waals surface area contributed by atoms with E-state index in [1.54, 1.807) is 19.0 Å². The van der Waals surface area contributed by atoms with Gasteiger partial charge in [-0.05, 0) is 22.9 Å². The topological polar surface area (TPSA) is 45.1 Å². The van der Waals surface area contributed by atoms with Crippen LogP contribution in [0.15, 0.2) is 42.5 Å². The molecule has 1 aliphatic heterocycles. The van der Waals surface area contributed by atoms with Gasteiger partial charge in [0.15, 0.2) is 6.54 Å². The highest BCUT2D eigenvalue weighted by molar-refractivity contribution is 5.98. The van der Waals surface area contributed by atoms with Crippen molar-refractivity contribution in [3.8, 4) is 0 Å². The maximum absolute atomic E-state index is 12.7. The molecular formula is C19H24N3O2+. The first-order chi connectivity index (χ1) is 11.5. The molecule has 2 amide bonds. The van der Waals surface area contributed by atoms with Gasteiger partial charge in [-0.15, -0.1) is 0 Å². The molecule has 1 heterocycles. The Morgan fingerprint density at radius 3 is 2.38 bits per heavy atom. The van der Waals surface area contributed by atoms with Gasteiger partial charge in [0.25, 0.3) is 11.8 Å². The molecule has 1 N–H and O–H groups in total. The fraction of sp³-hybridized carbons (Fsp3) is 0.368. The largest absolute Gasteiger partial charge is 0.344 e. The summed E-state index contributed by atoms with van der Waals surface area (Å²) in [7, 11) is 3.56. The summed E-state index contributed by atoms with van der Waals surface area (Å²) in [5, 5.41) is 2.23. The van der Waals surface area contributed by atoms with Crippen LogP contribution in [0.5, 0.6) is 0 Å². The second-order valence-electron chi connectivity index (χ2n) is 6.57. The van der Waals surface area contributed by atoms with Crippen LogP contribution < -0.4 is 4.90 Å². The van der Waals surface area contributed by atoms with Gasteiger partial charge >= 0.3 is 0 Å². The quantitative estimate of drug-likeness (QED) is 0.880. The Labute approximate surface area is 142 Å². The fourth-order valence-electron chi connectivity index (χ4n) is 3.08. The smallest absolute Gasteiger partial charge is 0.277 e. The highest BCUT2D eigenvalue weighted by atomic mass is 16.2. The third-order valence-corrected chi connectivity index (χ3v) is 4.65. The predicted octanol–water partition coefficient (Wildman–Crippen LogP) is 0.269. The van der Waals surface area contributed by atoms with Crippen LogP contribution in [-0.4, -0.2) is 68.4 Å². The molecule has 0 aromatic heterocycles. The second kappa shape index (κ2) is 7.01. The number of piperazine rings is 1. The Balaban J connectivity index is 1.63. The molecule has 0 saturated carbocycles. The van der Waals surface area contributed by atoms with E-state index < -0.39 is 0 Å². The molecule has 1 fully saturated rings. The van der Waals surface area contributed by atoms with Gasteiger partial charge < -0.3 is 14.7 Å². The molecule has 126 valence electrons. The highest BCUT2D eigenvalue weighted by Crippen LogP contribution is 2.17. The summed E-state index contributed by atoms with van der Waals surface area (Å²) >= 11 is 0. The Hall–Kier alpha value is -2.40. The molecule has 2 aromatic carbocycles. The van der Waals surface area contributed by atoms with Crippen molar-refractivity contribution in [1.82, 2.24) is 9.80 Å². The number of nitrogens with one attached hydrogen (secondary N) is 1. The van der Waals surface area contributed by atoms with E-state index in [1.807, 2.05) is 47.4 Å². The van der Waals surface area contributed by atoms with Crippen LogP contribution in [0.2, 0.25) is 0 Å². The van der Waals surface area contributed by atoms with E-state index in [0.717, 1.165) is 29.4 Å². The van der Waals surface area contributed by atoms with Crippen LogP contribution >= 0.6 is 0 Å². The van der Waals surface area contributed by atoms with Crippen LogP contribution in [0.3, 0.4) is 0 Å². The predicted molar refractivity (Wildman–Crippen MR) is 94.1 cm³/mol. The second-order valence-corrected chi connectivity index (χ2v) is 6.57. The van der Waals surface area contributed by atoms with Crippen molar-refractivity contribution in [3.63, 3.8) is 0 Å². The number of likely N-dealkylation sites (N-methyl/N-ethyl adjacent to an activating group) is 1. The molecule has 2 aromatic rings. The minimum absolute atomic E-state index is 0.0822. The summed E-state index contributed by atoms with van der Waals surface area (Å²) in [6.07, 6.45) is 0. The number of nitrogens with zero attached hydrogens (tertiary/aromatic N) is 2. The maximum atomic E-state index is 12.7. The highest BCUT2D eigenvalue weighted by Gasteiger charge is 2.26. The van der Waals surface area contributed by atoms with Crippen molar-refractivity contribution in [2.24, 2.45) is 0 Å². The van der Waals surface area contributed by atoms with E-state index in [9.17, 15) is 9.59 Å². The number of hydrogen-bond donors (Lipinski definition) is 1. The monoisotopic (exact) mass is 326 g/mol. The molecule has 0 atom stereocenters. The Bertz CT molecular complexity index is 749. The first kappa shape index (κ1) is 16.5. The molecule has 0 radical (unpaired) electrons. The third-order valence-electron chi connectivity index (χ3n) is 4.65. The van der Waals surface area contributed by atoms with Crippen molar-refractivity contribution in [2.75, 3.05) is 46.8 Å². The normalized spacial score (nSPS) is 15.5. The average Bonchev–Trinajstić information content (AvgIpc) is 2.61. The van der Waals surface area contributed by atoms with E-state index >= 15 is 0 Å². The zero-order valence-corrected chi connectivity index (χ0v) is 14.3. The molecule has 0 bridgehead atoms. The number of carbonyl (C=O) groups excluding carboxylic acids is 2. The molecule has 5 nitrogen and oxygen atoms in total. The van der Waals surface area contributed by atoms with Gasteiger partial charge in [0.1, 0.15) is 0 Å². The minimum atomic E-state index is 0.0822. The lowest BCUT2D eigenvalue weighted by Gasteiger charge is -2.32. The van der Waals surface area contributed by atoms with Crippen molar-refractivity contribution in [2.45, 2.75) is 0 Å². The van der Waals surface area contributed by atoms with Gasteiger partial charge in [0, 0.05) is 19.7 Å². The summed E-state index contributed by atoms with van der Waals surface area (Å²) in [5.41, 5.74) is 0.738. The van der Waals surface area contributed by atoms with Crippen LogP contribution in [0.1, 0.15) is 10.4 Å². The Morgan fingerprint density at radius 1 is 1.04 bits per heavy atom. The van der Waals surface area contributed by atoms with Crippen LogP contribution in [0.4, 0.5) is 0 Å². The zero-order valence-electron chi connectivity index (χ0n) is 14.3. The van der Waals surface area contributed by atoms with E-state index in [4.69, 9.17) is 0 Å². The van der Waals surface area contributed by atoms with Gasteiger partial charge in [-0.25, -0.2) is 0 Å². The lowest BCUT2D eigenvalue weighted by Crippen LogP contribution is -3.15. The number of quaternary nitrogens is 1. The van der Waals surface area contributed by atoms with Gasteiger partial charge in [0.05, 0.1) is 26.2 Å². The number of benzene rings is 2. The van der Waals surface area contributed by atoms with Gasteiger partial charge in [-0.1, -0.05) is 30.3 Å². The molecule has 0 spiro atoms. The average molecular weight is 326 g/mol. The first-order valence-electron chi connectivity index (χ1n) is 8.36. The van der Waals surface area contributed by atoms with Crippen molar-refractivity contribution in [3.05, 3.63) is 48.0 Å². The summed E-state index contributed by atoms with van der Waals surface area (Å²) < 4.78 is 0. The van der Waals surface area contributed by atoms with Crippen molar-refractivity contribution < 1.29 is 14.5 Å². The van der Waals surface area contributed by atoms with Crippen molar-refractivity contribution in [1.29, 1.82) is 0 Å². The fourth-order valence-corrected chi connectivity index (χ4v) is 3.08. The molecule has 1 saturated heterocycles. The van der Waals surface area contributed by atoms with Crippen LogP contribution in [0, 0.1) is 0 Å². The molecule has 1 aliphatic rings. The first-order valence-corrected chi connectivity index (χ1v) is 8.36. The lowest BCUT2D eigenvalue weighted by atomic mass is 10.1. The molecule has 5 heteroatoms. The molecule has 24 heavy (non-hydrogen) atoms. The Morgan fingerprint density at radius 2 is 1.71 bits per heavy atom. The standard InChI is InChI=1S/C19H23N3O2/c1-20(2)18(23)14-21-9-11-22(12-10-21)19(24)17-8-7-15-5-3-4-6-16(15)13-17/h3-8,13H,9-12,14H2,1-2H3/p+1. The van der Waals surface area contributed by atoms with E-state index in [1.165, 1.54) is 4.90 Å². The van der Waals surface area contributed by atoms with Gasteiger partial charge in [0.2, 0.25) is 0 Å². The van der Waals surface area contributed by atoms with E-state index in [2.05, 4.69) is 0 Å². The summed E-state index contributed by atoms with van der Waals surface area (Å²) in [6, 6.07) is 13.9. The number of fused-ring (bicyclic) bond motifs is 1.